The number of nitrogens with zero attached hydrogens (tertiary/aromatic N) is 3. The van der Waals surface area contributed by atoms with Gasteiger partial charge in [0.25, 0.3) is 0 Å². The summed E-state index contributed by atoms with van der Waals surface area (Å²) in [6, 6.07) is 13.9. The zero-order valence-electron chi connectivity index (χ0n) is 22.2. The average Bonchev–Trinajstić information content (AvgIpc) is 3.25. The van der Waals surface area contributed by atoms with Crippen molar-refractivity contribution in [2.45, 2.75) is 32.7 Å². The molecule has 1 fully saturated rings. The Hall–Kier alpha value is -3.59. The van der Waals surface area contributed by atoms with Gasteiger partial charge >= 0.3 is 0 Å². The molecule has 2 heterocycles. The molecule has 1 saturated heterocycles. The number of nitrogens with one attached hydrogen (secondary N) is 1. The number of likely N-dealkylation sites (N-methyl/N-ethyl adjacent to an activating group) is 1. The molecule has 2 amide bonds. The molecular weight excluding hydrogens is 487 g/mol. The number of hydrogen-bond donors (Lipinski definition) is 1. The van der Waals surface area contributed by atoms with E-state index in [1.54, 1.807) is 9.47 Å². The monoisotopic (exact) mass is 522 g/mol. The highest BCUT2D eigenvalue weighted by Crippen LogP contribution is 2.30. The van der Waals surface area contributed by atoms with Crippen LogP contribution in [0.3, 0.4) is 0 Å². The van der Waals surface area contributed by atoms with E-state index in [2.05, 4.69) is 10.2 Å². The average molecular weight is 523 g/mol. The topological polar surface area (TPSA) is 91.7 Å². The van der Waals surface area contributed by atoms with Crippen LogP contribution in [-0.2, 0) is 14.4 Å². The van der Waals surface area contributed by atoms with E-state index in [1.807, 2.05) is 69.4 Å². The van der Waals surface area contributed by atoms with Crippen molar-refractivity contribution in [1.82, 2.24) is 19.7 Å². The fourth-order valence-electron chi connectivity index (χ4n) is 5.08. The first-order chi connectivity index (χ1) is 18.2. The van der Waals surface area contributed by atoms with E-state index in [0.717, 1.165) is 21.8 Å². The van der Waals surface area contributed by atoms with E-state index in [9.17, 15) is 23.6 Å². The molecule has 8 nitrogen and oxygen atoms in total. The lowest BCUT2D eigenvalue weighted by molar-refractivity contribution is -0.137. The van der Waals surface area contributed by atoms with Crippen LogP contribution in [0.5, 0.6) is 0 Å². The molecule has 0 spiro atoms. The van der Waals surface area contributed by atoms with Crippen LogP contribution in [0.1, 0.15) is 31.5 Å². The lowest BCUT2D eigenvalue weighted by atomic mass is 9.90. The molecule has 0 bridgehead atoms. The van der Waals surface area contributed by atoms with Crippen molar-refractivity contribution in [3.8, 4) is 0 Å². The number of fused-ring (bicyclic) bond motifs is 3. The zero-order valence-corrected chi connectivity index (χ0v) is 22.2. The molecule has 1 N–H and O–H groups in total. The Bertz CT molecular complexity index is 1290. The van der Waals surface area contributed by atoms with Crippen molar-refractivity contribution < 1.29 is 23.6 Å². The minimum Gasteiger partial charge on any atom is -0.345 e. The number of aromatic nitrogens is 1. The number of hydrogen-bond acceptors (Lipinski definition) is 5. The van der Waals surface area contributed by atoms with Crippen LogP contribution in [0, 0.1) is 11.8 Å². The Balaban J connectivity index is 1.53. The summed E-state index contributed by atoms with van der Waals surface area (Å²) in [5, 5.41) is 4.49. The van der Waals surface area contributed by atoms with Gasteiger partial charge in [0.1, 0.15) is 6.67 Å². The van der Waals surface area contributed by atoms with Gasteiger partial charge in [0, 0.05) is 49.3 Å². The summed E-state index contributed by atoms with van der Waals surface area (Å²) in [4.78, 5) is 55.9. The van der Waals surface area contributed by atoms with Gasteiger partial charge in [-0.3, -0.25) is 23.7 Å². The van der Waals surface area contributed by atoms with E-state index in [4.69, 9.17) is 0 Å². The van der Waals surface area contributed by atoms with Gasteiger partial charge in [0.05, 0.1) is 23.5 Å². The Kier molecular flexibility index (Phi) is 8.56. The number of alkyl halides is 1. The fraction of sp³-hybridized carbons (Fsp3) is 0.448. The number of rotatable bonds is 9. The summed E-state index contributed by atoms with van der Waals surface area (Å²) < 4.78 is 15.0. The summed E-state index contributed by atoms with van der Waals surface area (Å²) in [5.74, 6) is -2.94. The molecule has 3 aromatic rings. The predicted molar refractivity (Wildman–Crippen MR) is 145 cm³/mol. The van der Waals surface area contributed by atoms with Crippen molar-refractivity contribution in [3.63, 3.8) is 0 Å². The molecule has 38 heavy (non-hydrogen) atoms. The van der Waals surface area contributed by atoms with Crippen molar-refractivity contribution in [2.24, 2.45) is 11.8 Å². The molecule has 0 aliphatic carbocycles. The van der Waals surface area contributed by atoms with E-state index >= 15 is 0 Å². The maximum Gasteiger partial charge on any atom is 0.232 e. The first kappa shape index (κ1) is 27.4. The molecule has 0 saturated carbocycles. The third-order valence-corrected chi connectivity index (χ3v) is 7.44. The molecule has 2 atom stereocenters. The number of piperazine rings is 1. The van der Waals surface area contributed by atoms with Gasteiger partial charge in [-0.25, -0.2) is 4.39 Å². The SMILES string of the molecule is CC(C)C(CC(=O)n1c2ccccc2c2ccccc21)C(=O)NC(CC(=O)N1CCN(C)CC1)C(=O)CF. The van der Waals surface area contributed by atoms with Crippen LogP contribution >= 0.6 is 0 Å². The van der Waals surface area contributed by atoms with Gasteiger partial charge in [-0.2, -0.15) is 0 Å². The Morgan fingerprint density at radius 2 is 1.39 bits per heavy atom. The van der Waals surface area contributed by atoms with E-state index < -0.39 is 30.3 Å². The minimum atomic E-state index is -1.28. The van der Waals surface area contributed by atoms with Gasteiger partial charge in [0.15, 0.2) is 5.78 Å². The summed E-state index contributed by atoms with van der Waals surface area (Å²) in [6.07, 6.45) is -0.404. The van der Waals surface area contributed by atoms with Crippen LogP contribution in [0.4, 0.5) is 4.39 Å². The number of benzene rings is 2. The van der Waals surface area contributed by atoms with Gasteiger partial charge in [0.2, 0.25) is 17.7 Å². The van der Waals surface area contributed by atoms with Crippen LogP contribution < -0.4 is 5.32 Å². The molecule has 1 aliphatic rings. The van der Waals surface area contributed by atoms with Gasteiger partial charge in [-0.15, -0.1) is 0 Å². The van der Waals surface area contributed by atoms with Crippen LogP contribution in [0.15, 0.2) is 48.5 Å². The molecule has 202 valence electrons. The number of carbonyl (C=O) groups excluding carboxylic acids is 4. The molecule has 2 aromatic carbocycles. The Morgan fingerprint density at radius 3 is 1.92 bits per heavy atom. The number of amides is 2. The third-order valence-electron chi connectivity index (χ3n) is 7.44. The quantitative estimate of drug-likeness (QED) is 0.466. The third kappa shape index (κ3) is 5.78. The molecule has 4 rings (SSSR count). The second-order valence-electron chi connectivity index (χ2n) is 10.4. The highest BCUT2D eigenvalue weighted by Gasteiger charge is 2.32. The summed E-state index contributed by atoms with van der Waals surface area (Å²) in [7, 11) is 1.96. The second-order valence-corrected chi connectivity index (χ2v) is 10.4. The maximum absolute atomic E-state index is 13.6. The highest BCUT2D eigenvalue weighted by atomic mass is 19.1. The van der Waals surface area contributed by atoms with Gasteiger partial charge in [-0.05, 0) is 25.1 Å². The summed E-state index contributed by atoms with van der Waals surface area (Å²) in [6.45, 7) is 4.81. The lowest BCUT2D eigenvalue weighted by Crippen LogP contribution is -2.51. The number of ketones is 1. The van der Waals surface area contributed by atoms with Crippen molar-refractivity contribution >= 4 is 45.3 Å². The number of Topliss-reactive ketones (excluding diaryl/α,β-unsaturated/α-hetero) is 1. The second kappa shape index (κ2) is 11.9. The fourth-order valence-corrected chi connectivity index (χ4v) is 5.08. The molecular formula is C29H35FN4O4. The van der Waals surface area contributed by atoms with Crippen LogP contribution in [0.2, 0.25) is 0 Å². The standard InChI is InChI=1S/C29H35FN4O4/c1-19(2)22(16-28(37)34-24-10-6-4-8-20(24)21-9-5-7-11-25(21)34)29(38)31-23(26(35)18-30)17-27(36)33-14-12-32(3)13-15-33/h4-11,19,22-23H,12-18H2,1-3H3,(H,31,38). The Morgan fingerprint density at radius 1 is 0.842 bits per heavy atom. The largest absolute Gasteiger partial charge is 0.345 e. The van der Waals surface area contributed by atoms with Crippen molar-refractivity contribution in [3.05, 3.63) is 48.5 Å². The number of carbonyl (C=O) groups is 4. The summed E-state index contributed by atoms with van der Waals surface area (Å²) >= 11 is 0. The van der Waals surface area contributed by atoms with E-state index in [0.29, 0.717) is 26.2 Å². The van der Waals surface area contributed by atoms with Gasteiger partial charge < -0.3 is 15.1 Å². The van der Waals surface area contributed by atoms with Crippen molar-refractivity contribution in [1.29, 1.82) is 0 Å². The van der Waals surface area contributed by atoms with Crippen LogP contribution in [0.25, 0.3) is 21.8 Å². The number of halogens is 1. The van der Waals surface area contributed by atoms with E-state index in [-0.39, 0.29) is 30.6 Å². The zero-order chi connectivity index (χ0) is 27.4. The maximum atomic E-state index is 13.6. The lowest BCUT2D eigenvalue weighted by Gasteiger charge is -2.33. The van der Waals surface area contributed by atoms with Gasteiger partial charge in [-0.1, -0.05) is 50.2 Å². The molecule has 2 unspecified atom stereocenters. The normalized spacial score (nSPS) is 16.1. The minimum absolute atomic E-state index is 0.102. The molecule has 1 aromatic heterocycles. The van der Waals surface area contributed by atoms with Crippen LogP contribution in [-0.4, -0.2) is 83.8 Å². The molecule has 9 heteroatoms. The molecule has 0 radical (unpaired) electrons. The van der Waals surface area contributed by atoms with E-state index in [1.165, 1.54) is 0 Å². The number of para-hydroxylation sites is 2. The molecule has 1 aliphatic heterocycles. The first-order valence-electron chi connectivity index (χ1n) is 13.1. The van der Waals surface area contributed by atoms with Crippen molar-refractivity contribution in [2.75, 3.05) is 39.9 Å². The Labute approximate surface area is 221 Å². The predicted octanol–water partition coefficient (Wildman–Crippen LogP) is 3.28. The summed E-state index contributed by atoms with van der Waals surface area (Å²) in [5.41, 5.74) is 1.51. The highest BCUT2D eigenvalue weighted by molar-refractivity contribution is 6.13. The first-order valence-corrected chi connectivity index (χ1v) is 13.1. The smallest absolute Gasteiger partial charge is 0.232 e.